The third kappa shape index (κ3) is 8.32. The molecule has 24 heteroatoms. The SMILES string of the molecule is COc1cccc2c1C(=O)c1c(O)c3c(c(O)c1C2=O)C[C@@](O)(C(=O)CO)C[C@@H]3OC1CC2C(OCN2CN2COC3C(C)OC(O[C@H]4C[C@](O)(C(=O)CO)Cc5c(O)c6c(c(O)c54)C(=O)c4c(OC)cccc4C6=O)CC32)C(C)O1. The number of nitrogens with zero attached hydrogens (tertiary/aromatic N) is 2. The van der Waals surface area contributed by atoms with Crippen LogP contribution < -0.4 is 9.47 Å². The lowest BCUT2D eigenvalue weighted by atomic mass is 9.72. The minimum absolute atomic E-state index is 0.0509. The topological polar surface area (TPSA) is 345 Å². The first kappa shape index (κ1) is 54.8. The van der Waals surface area contributed by atoms with Gasteiger partial charge in [0.2, 0.25) is 11.6 Å². The number of hydrogen-bond acceptors (Lipinski definition) is 24. The molecule has 24 nitrogen and oxygen atoms in total. The van der Waals surface area contributed by atoms with Gasteiger partial charge in [-0.2, -0.15) is 0 Å². The van der Waals surface area contributed by atoms with E-state index in [1.807, 2.05) is 9.80 Å². The molecule has 4 aromatic carbocycles. The lowest BCUT2D eigenvalue weighted by Crippen LogP contribution is -2.55. The molecule has 8 aliphatic rings. The van der Waals surface area contributed by atoms with Gasteiger partial charge in [-0.1, -0.05) is 24.3 Å². The Bertz CT molecular complexity index is 3180. The molecule has 0 bridgehead atoms. The molecule has 4 aliphatic carbocycles. The van der Waals surface area contributed by atoms with Gasteiger partial charge in [0.15, 0.2) is 35.7 Å². The van der Waals surface area contributed by atoms with E-state index in [0.717, 1.165) is 0 Å². The van der Waals surface area contributed by atoms with Crippen molar-refractivity contribution < 1.29 is 108 Å². The van der Waals surface area contributed by atoms with Crippen molar-refractivity contribution in [2.24, 2.45) is 0 Å². The fraction of sp³-hybridized carbons (Fsp3) is 0.474. The summed E-state index contributed by atoms with van der Waals surface area (Å²) in [6, 6.07) is 7.79. The van der Waals surface area contributed by atoms with E-state index in [2.05, 4.69) is 0 Å². The normalized spacial score (nSPS) is 31.3. The van der Waals surface area contributed by atoms with Crippen LogP contribution >= 0.6 is 0 Å². The zero-order chi connectivity index (χ0) is 57.5. The van der Waals surface area contributed by atoms with Gasteiger partial charge in [0.1, 0.15) is 84.6 Å². The van der Waals surface area contributed by atoms with Gasteiger partial charge in [-0.25, -0.2) is 0 Å². The largest absolute Gasteiger partial charge is 0.507 e. The molecule has 0 saturated carbocycles. The molecule has 0 spiro atoms. The van der Waals surface area contributed by atoms with Crippen LogP contribution in [0.25, 0.3) is 0 Å². The number of hydrogen-bond donors (Lipinski definition) is 8. The van der Waals surface area contributed by atoms with Gasteiger partial charge in [-0.05, 0) is 26.0 Å². The Morgan fingerprint density at radius 2 is 0.963 bits per heavy atom. The molecule has 0 amide bonds. The molecular formula is C57H58N2O22. The second kappa shape index (κ2) is 20.0. The molecule has 4 fully saturated rings. The number of benzene rings is 4. The molecule has 8 unspecified atom stereocenters. The molecule has 428 valence electrons. The molecule has 4 heterocycles. The number of carbonyl (C=O) groups excluding carboxylic acids is 6. The third-order valence-electron chi connectivity index (χ3n) is 17.6. The van der Waals surface area contributed by atoms with Crippen LogP contribution in [0.3, 0.4) is 0 Å². The third-order valence-corrected chi connectivity index (χ3v) is 17.6. The van der Waals surface area contributed by atoms with E-state index in [4.69, 9.17) is 37.9 Å². The van der Waals surface area contributed by atoms with Crippen molar-refractivity contribution in [3.8, 4) is 34.5 Å². The molecule has 81 heavy (non-hydrogen) atoms. The van der Waals surface area contributed by atoms with Crippen molar-refractivity contribution in [3.05, 3.63) is 103 Å². The van der Waals surface area contributed by atoms with Crippen molar-refractivity contribution in [2.45, 2.75) is 125 Å². The van der Waals surface area contributed by atoms with Crippen LogP contribution in [0.1, 0.15) is 138 Å². The van der Waals surface area contributed by atoms with Crippen molar-refractivity contribution in [2.75, 3.05) is 47.6 Å². The number of aromatic hydroxyl groups is 4. The van der Waals surface area contributed by atoms with E-state index in [9.17, 15) is 69.6 Å². The summed E-state index contributed by atoms with van der Waals surface area (Å²) in [6.07, 6.45) is -9.71. The molecule has 12 atom stereocenters. The summed E-state index contributed by atoms with van der Waals surface area (Å²) in [5, 5.41) is 91.7. The summed E-state index contributed by atoms with van der Waals surface area (Å²) in [7, 11) is 2.62. The van der Waals surface area contributed by atoms with E-state index >= 15 is 0 Å². The number of fused-ring (bicyclic) bond motifs is 8. The maximum Gasteiger partial charge on any atom is 0.202 e. The van der Waals surface area contributed by atoms with Gasteiger partial charge >= 0.3 is 0 Å². The van der Waals surface area contributed by atoms with Crippen molar-refractivity contribution >= 4 is 34.7 Å². The number of carbonyl (C=O) groups is 6. The van der Waals surface area contributed by atoms with Crippen LogP contribution in [0.4, 0.5) is 0 Å². The van der Waals surface area contributed by atoms with Gasteiger partial charge < -0.3 is 78.7 Å². The number of Topliss-reactive ketones (excluding diaryl/α,β-unsaturated/α-hetero) is 2. The first-order valence-electron chi connectivity index (χ1n) is 26.5. The van der Waals surface area contributed by atoms with Crippen LogP contribution in [0, 0.1) is 0 Å². The highest BCUT2D eigenvalue weighted by molar-refractivity contribution is 6.32. The predicted molar refractivity (Wildman–Crippen MR) is 271 cm³/mol. The standard InChI is InChI=1S/C57H58N2O22/c1-22-54-28(11-36(78-22)80-32-15-56(72,34(62)17-60)13-26-40(32)52(70)44-42(48(26)66)46(64)24-7-5-9-30(74-3)38(24)50(44)68)58(20-76-54)19-59-21-77-55-23(2)79-37(12-29(55)59)81-33-16-57(73,35(63)18-61)14-27-41(33)53(71)45-43(49(27)67)47(65)25-8-6-10-31(75-4)39(25)51(45)69/h5-10,22-23,28-29,32-33,36-37,54-55,60-61,66-67,70-73H,11-21H2,1-4H3/t22?,23?,28?,29?,32-,33-,36?,37?,54?,55?,56-,57-/m0/s1. The molecule has 4 saturated heterocycles. The fourth-order valence-electron chi connectivity index (χ4n) is 13.6. The van der Waals surface area contributed by atoms with Crippen LogP contribution in [0.15, 0.2) is 36.4 Å². The van der Waals surface area contributed by atoms with Crippen molar-refractivity contribution in [3.63, 3.8) is 0 Å². The smallest absolute Gasteiger partial charge is 0.202 e. The van der Waals surface area contributed by atoms with Gasteiger partial charge in [0.05, 0.1) is 78.7 Å². The van der Waals surface area contributed by atoms with E-state index in [1.165, 1.54) is 50.6 Å². The van der Waals surface area contributed by atoms with E-state index in [1.54, 1.807) is 13.8 Å². The first-order valence-corrected chi connectivity index (χ1v) is 26.5. The van der Waals surface area contributed by atoms with Gasteiger partial charge in [-0.15, -0.1) is 0 Å². The molecule has 4 aromatic rings. The Morgan fingerprint density at radius 3 is 1.33 bits per heavy atom. The molecule has 0 radical (unpaired) electrons. The Hall–Kier alpha value is -6.78. The summed E-state index contributed by atoms with van der Waals surface area (Å²) in [5.74, 6) is -8.15. The summed E-state index contributed by atoms with van der Waals surface area (Å²) < 4.78 is 49.3. The number of phenolic OH excluding ortho intramolecular Hbond substituents is 4. The van der Waals surface area contributed by atoms with E-state index in [-0.39, 0.29) is 89.0 Å². The summed E-state index contributed by atoms with van der Waals surface area (Å²) in [4.78, 5) is 87.2. The highest BCUT2D eigenvalue weighted by Gasteiger charge is 2.55. The van der Waals surface area contributed by atoms with Gasteiger partial charge in [0.25, 0.3) is 0 Å². The van der Waals surface area contributed by atoms with Crippen molar-refractivity contribution in [1.82, 2.24) is 9.80 Å². The Kier molecular flexibility index (Phi) is 13.5. The van der Waals surface area contributed by atoms with Crippen LogP contribution in [0.5, 0.6) is 34.5 Å². The number of phenols is 4. The van der Waals surface area contributed by atoms with Crippen molar-refractivity contribution in [1.29, 1.82) is 0 Å². The van der Waals surface area contributed by atoms with Crippen LogP contribution in [0.2, 0.25) is 0 Å². The first-order chi connectivity index (χ1) is 38.7. The fourth-order valence-corrected chi connectivity index (χ4v) is 13.6. The maximum atomic E-state index is 14.2. The van der Waals surface area contributed by atoms with Gasteiger partial charge in [-0.3, -0.25) is 38.6 Å². The molecule has 4 aliphatic heterocycles. The highest BCUT2D eigenvalue weighted by atomic mass is 16.7. The minimum atomic E-state index is -2.37. The zero-order valence-corrected chi connectivity index (χ0v) is 44.2. The molecule has 0 aromatic heterocycles. The number of aliphatic hydroxyl groups excluding tert-OH is 2. The monoisotopic (exact) mass is 1120 g/mol. The van der Waals surface area contributed by atoms with Gasteiger partial charge in [0, 0.05) is 84.0 Å². The average Bonchev–Trinajstić information content (AvgIpc) is 2.83. The number of ketones is 6. The summed E-state index contributed by atoms with van der Waals surface area (Å²) >= 11 is 0. The number of ether oxygens (including phenoxy) is 8. The Labute approximate surface area is 460 Å². The number of rotatable bonds is 12. The quantitative estimate of drug-likeness (QED) is 0.0808. The van der Waals surface area contributed by atoms with Crippen LogP contribution in [-0.2, 0) is 50.9 Å². The molecule has 8 N–H and O–H groups in total. The predicted octanol–water partition coefficient (Wildman–Crippen LogP) is 1.65. The lowest BCUT2D eigenvalue weighted by Gasteiger charge is -2.44. The zero-order valence-electron chi connectivity index (χ0n) is 44.2. The number of methoxy groups -OCH3 is 2. The average molecular weight is 1120 g/mol. The highest BCUT2D eigenvalue weighted by Crippen LogP contribution is 2.55. The number of aliphatic hydroxyl groups is 4. The van der Waals surface area contributed by atoms with E-state index < -0.39 is 191 Å². The maximum absolute atomic E-state index is 14.2. The summed E-state index contributed by atoms with van der Waals surface area (Å²) in [6.45, 7) is 1.77. The Morgan fingerprint density at radius 1 is 0.580 bits per heavy atom. The molecule has 12 rings (SSSR count). The second-order valence-corrected chi connectivity index (χ2v) is 22.0. The second-order valence-electron chi connectivity index (χ2n) is 22.0. The Balaban J connectivity index is 0.808. The van der Waals surface area contributed by atoms with Crippen LogP contribution in [-0.4, -0.2) is 193 Å². The minimum Gasteiger partial charge on any atom is -0.507 e. The summed E-state index contributed by atoms with van der Waals surface area (Å²) in [5.41, 5.74) is -8.10. The molecular weight excluding hydrogens is 1060 g/mol. The van der Waals surface area contributed by atoms with E-state index in [0.29, 0.717) is 0 Å². The lowest BCUT2D eigenvalue weighted by molar-refractivity contribution is -0.248.